The molecule has 0 radical (unpaired) electrons. The van der Waals surface area contributed by atoms with E-state index in [1.165, 1.54) is 12.1 Å². The van der Waals surface area contributed by atoms with Crippen LogP contribution in [0.1, 0.15) is 34.8 Å². The number of nitro benzene ring substituents is 1. The van der Waals surface area contributed by atoms with Gasteiger partial charge in [-0.15, -0.1) is 0 Å². The van der Waals surface area contributed by atoms with E-state index in [2.05, 4.69) is 5.32 Å². The van der Waals surface area contributed by atoms with E-state index in [0.717, 1.165) is 5.56 Å². The highest BCUT2D eigenvalue weighted by atomic mass is 28.4. The number of rotatable bonds is 8. The average Bonchev–Trinajstić information content (AvgIpc) is 3.36. The van der Waals surface area contributed by atoms with Gasteiger partial charge in [-0.2, -0.15) is 0 Å². The summed E-state index contributed by atoms with van der Waals surface area (Å²) in [5, 5.41) is 24.4. The van der Waals surface area contributed by atoms with Gasteiger partial charge in [0.05, 0.1) is 23.3 Å². The number of nitrogens with one attached hydrogen (secondary N) is 1. The lowest BCUT2D eigenvalue weighted by molar-refractivity contribution is -0.385. The number of carbonyl (C=O) groups excluding carboxylic acids is 2. The molecule has 2 aliphatic rings. The van der Waals surface area contributed by atoms with Crippen LogP contribution in [0.5, 0.6) is 0 Å². The van der Waals surface area contributed by atoms with Crippen molar-refractivity contribution in [2.75, 3.05) is 16.8 Å². The van der Waals surface area contributed by atoms with Crippen LogP contribution in [-0.2, 0) is 21.7 Å². The Kier molecular flexibility index (Phi) is 7.55. The molecule has 41 heavy (non-hydrogen) atoms. The first-order valence-electron chi connectivity index (χ1n) is 13.5. The Labute approximate surface area is 238 Å². The maximum absolute atomic E-state index is 14.4. The van der Waals surface area contributed by atoms with E-state index >= 15 is 0 Å². The van der Waals surface area contributed by atoms with Gasteiger partial charge in [-0.1, -0.05) is 37.3 Å². The third-order valence-corrected chi connectivity index (χ3v) is 10.7. The van der Waals surface area contributed by atoms with E-state index in [1.807, 2.05) is 19.1 Å². The molecule has 2 heterocycles. The zero-order valence-electron chi connectivity index (χ0n) is 23.1. The lowest BCUT2D eigenvalue weighted by atomic mass is 9.82. The summed E-state index contributed by atoms with van der Waals surface area (Å²) in [5.41, 5.74) is 0.592. The first-order valence-corrected chi connectivity index (χ1v) is 16.6. The van der Waals surface area contributed by atoms with Crippen molar-refractivity contribution in [3.05, 3.63) is 99.6 Å². The average molecular weight is 576 g/mol. The zero-order chi connectivity index (χ0) is 29.5. The molecule has 0 bridgehead atoms. The Morgan fingerprint density at radius 3 is 2.51 bits per heavy atom. The summed E-state index contributed by atoms with van der Waals surface area (Å²) in [7, 11) is -2.90. The van der Waals surface area contributed by atoms with Crippen LogP contribution in [-0.4, -0.2) is 47.7 Å². The van der Waals surface area contributed by atoms with E-state index < -0.39 is 30.9 Å². The number of fused-ring (bicyclic) bond motifs is 2. The Balaban J connectivity index is 1.52. The molecular weight excluding hydrogens is 542 g/mol. The van der Waals surface area contributed by atoms with Crippen LogP contribution in [0.25, 0.3) is 0 Å². The van der Waals surface area contributed by atoms with Crippen molar-refractivity contribution in [2.45, 2.75) is 50.2 Å². The second kappa shape index (κ2) is 10.8. The Bertz CT molecular complexity index is 1490. The Hall–Kier alpha value is -3.90. The van der Waals surface area contributed by atoms with Gasteiger partial charge in [0.15, 0.2) is 13.9 Å². The van der Waals surface area contributed by atoms with Crippen molar-refractivity contribution in [2.24, 2.45) is 5.92 Å². The van der Waals surface area contributed by atoms with Gasteiger partial charge in [0.1, 0.15) is 0 Å². The molecule has 2 amide bonds. The molecule has 1 saturated heterocycles. The number of anilines is 2. The van der Waals surface area contributed by atoms with Gasteiger partial charge in [-0.25, -0.2) is 0 Å². The smallest absolute Gasteiger partial charge is 0.269 e. The monoisotopic (exact) mass is 575 g/mol. The number of aliphatic hydroxyl groups is 1. The number of hydrogen-bond donors (Lipinski definition) is 3. The summed E-state index contributed by atoms with van der Waals surface area (Å²) >= 11 is 0. The molecule has 0 aliphatic carbocycles. The van der Waals surface area contributed by atoms with Crippen molar-refractivity contribution >= 4 is 37.2 Å². The number of non-ortho nitro benzene ring substituents is 1. The molecule has 1 spiro atoms. The number of nitro groups is 1. The summed E-state index contributed by atoms with van der Waals surface area (Å²) in [4.78, 5) is 51.0. The van der Waals surface area contributed by atoms with Crippen molar-refractivity contribution in [1.29, 1.82) is 0 Å². The summed E-state index contributed by atoms with van der Waals surface area (Å²) in [5.74, 6) is -1.13. The number of amides is 2. The predicted octanol–water partition coefficient (Wildman–Crippen LogP) is 4.57. The van der Waals surface area contributed by atoms with Gasteiger partial charge in [-0.3, -0.25) is 19.7 Å². The molecule has 4 atom stereocenters. The van der Waals surface area contributed by atoms with E-state index in [-0.39, 0.29) is 42.6 Å². The third-order valence-electron chi connectivity index (χ3n) is 8.15. The third kappa shape index (κ3) is 5.06. The minimum atomic E-state index is -2.90. The maximum atomic E-state index is 14.4. The SMILES string of the molecule is C[C@H]1[C@H]([Si](C)(C)O)[C@@H](CCO)O[C@]12C(=O)N(Cc1cccc(NC(=O)c3ccccc3)c1)c1ccc([N+](=O)[O-])cc12. The van der Waals surface area contributed by atoms with E-state index in [0.29, 0.717) is 22.5 Å². The van der Waals surface area contributed by atoms with Crippen LogP contribution >= 0.6 is 0 Å². The van der Waals surface area contributed by atoms with E-state index in [9.17, 15) is 29.6 Å². The molecule has 214 valence electrons. The first kappa shape index (κ1) is 28.6. The molecular formula is C30H33N3O7Si. The fourth-order valence-electron chi connectivity index (χ4n) is 6.46. The first-order chi connectivity index (χ1) is 19.5. The van der Waals surface area contributed by atoms with Gasteiger partial charge in [0, 0.05) is 47.0 Å². The van der Waals surface area contributed by atoms with Crippen LogP contribution in [0, 0.1) is 16.0 Å². The fraction of sp³-hybridized carbons (Fsp3) is 0.333. The van der Waals surface area contributed by atoms with Crippen LogP contribution in [0.2, 0.25) is 18.6 Å². The molecule has 1 fully saturated rings. The van der Waals surface area contributed by atoms with Crippen LogP contribution in [0.4, 0.5) is 17.1 Å². The minimum Gasteiger partial charge on any atom is -0.432 e. The highest BCUT2D eigenvalue weighted by Crippen LogP contribution is 2.60. The molecule has 3 aromatic rings. The van der Waals surface area contributed by atoms with Crippen LogP contribution in [0.15, 0.2) is 72.8 Å². The van der Waals surface area contributed by atoms with E-state index in [1.54, 1.807) is 66.5 Å². The van der Waals surface area contributed by atoms with Gasteiger partial charge < -0.3 is 24.9 Å². The summed E-state index contributed by atoms with van der Waals surface area (Å²) < 4.78 is 6.51. The molecule has 5 rings (SSSR count). The predicted molar refractivity (Wildman–Crippen MR) is 156 cm³/mol. The summed E-state index contributed by atoms with van der Waals surface area (Å²) in [6.45, 7) is 5.35. The lowest BCUT2D eigenvalue weighted by Gasteiger charge is -2.32. The minimum absolute atomic E-state index is 0.131. The maximum Gasteiger partial charge on any atom is 0.269 e. The Morgan fingerprint density at radius 2 is 1.85 bits per heavy atom. The van der Waals surface area contributed by atoms with Crippen molar-refractivity contribution < 1.29 is 29.2 Å². The molecule has 0 aromatic heterocycles. The van der Waals surface area contributed by atoms with Gasteiger partial charge in [-0.05, 0) is 55.4 Å². The van der Waals surface area contributed by atoms with Crippen molar-refractivity contribution in [3.63, 3.8) is 0 Å². The fourth-order valence-corrected chi connectivity index (χ4v) is 9.06. The largest absolute Gasteiger partial charge is 0.432 e. The molecule has 0 unspecified atom stereocenters. The molecule has 11 heteroatoms. The van der Waals surface area contributed by atoms with Crippen LogP contribution in [0.3, 0.4) is 0 Å². The topological polar surface area (TPSA) is 142 Å². The summed E-state index contributed by atoms with van der Waals surface area (Å²) in [6.07, 6.45) is -0.358. The van der Waals surface area contributed by atoms with E-state index in [4.69, 9.17) is 4.74 Å². The molecule has 0 saturated carbocycles. The standard InChI is InChI=1S/C30H33N3O7Si/c1-19-27(41(2,3)39)26(14-15-34)40-30(19)24-17-23(33(37)38)12-13-25(24)32(29(30)36)18-20-8-7-11-22(16-20)31-28(35)21-9-5-4-6-10-21/h4-13,16-17,19,26-27,34,39H,14-15,18H2,1-3H3,(H,31,35)/t19-,26+,27-,30+/m0/s1. The number of nitrogens with zero attached hydrogens (tertiary/aromatic N) is 2. The normalized spacial score (nSPS) is 23.6. The molecule has 2 aliphatic heterocycles. The molecule has 3 aromatic carbocycles. The highest BCUT2D eigenvalue weighted by molar-refractivity contribution is 6.71. The molecule has 10 nitrogen and oxygen atoms in total. The quantitative estimate of drug-likeness (QED) is 0.203. The number of aliphatic hydroxyl groups excluding tert-OH is 1. The molecule has 3 N–H and O–H groups in total. The second-order valence-corrected chi connectivity index (χ2v) is 15.2. The van der Waals surface area contributed by atoms with Crippen molar-refractivity contribution in [1.82, 2.24) is 0 Å². The summed E-state index contributed by atoms with van der Waals surface area (Å²) in [6, 6.07) is 20.3. The number of hydrogen-bond acceptors (Lipinski definition) is 7. The zero-order valence-corrected chi connectivity index (χ0v) is 24.1. The van der Waals surface area contributed by atoms with Crippen molar-refractivity contribution in [3.8, 4) is 0 Å². The highest BCUT2D eigenvalue weighted by Gasteiger charge is 2.66. The number of benzene rings is 3. The van der Waals surface area contributed by atoms with Gasteiger partial charge in [0.2, 0.25) is 0 Å². The number of carbonyl (C=O) groups is 2. The Morgan fingerprint density at radius 1 is 1.12 bits per heavy atom. The second-order valence-electron chi connectivity index (χ2n) is 11.2. The number of ether oxygens (including phenoxy) is 1. The van der Waals surface area contributed by atoms with Gasteiger partial charge in [0.25, 0.3) is 17.5 Å². The lowest BCUT2D eigenvalue weighted by Crippen LogP contribution is -2.46. The van der Waals surface area contributed by atoms with Crippen LogP contribution < -0.4 is 10.2 Å². The van der Waals surface area contributed by atoms with Gasteiger partial charge >= 0.3 is 0 Å².